The molecule has 0 aliphatic carbocycles. The molecule has 0 heterocycles. The number of hydrogen-bond acceptors (Lipinski definition) is 4. The first kappa shape index (κ1) is 19.5. The fourth-order valence-electron chi connectivity index (χ4n) is 2.14. The van der Waals surface area contributed by atoms with E-state index in [-0.39, 0.29) is 11.8 Å². The van der Waals surface area contributed by atoms with Crippen molar-refractivity contribution in [3.8, 4) is 0 Å². The van der Waals surface area contributed by atoms with E-state index in [2.05, 4.69) is 16.0 Å². The lowest BCUT2D eigenvalue weighted by molar-refractivity contribution is -0.138. The van der Waals surface area contributed by atoms with Crippen molar-refractivity contribution in [1.29, 1.82) is 0 Å². The van der Waals surface area contributed by atoms with Crippen molar-refractivity contribution >= 4 is 23.5 Å². The molecule has 1 aromatic rings. The number of amides is 2. The zero-order valence-corrected chi connectivity index (χ0v) is 14.2. The molecule has 2 unspecified atom stereocenters. The van der Waals surface area contributed by atoms with Crippen LogP contribution in [-0.4, -0.2) is 41.5 Å². The standard InChI is InChI=1S/C17H25N3O4/c1-11(2)9-14(17(24)18-10-15(21)22)20-16(23)12(3)19-13-7-5-4-6-8-13/h4-8,11-12,14,19H,9-10H2,1-3H3,(H,18,24)(H,20,23)(H,21,22). The fourth-order valence-corrected chi connectivity index (χ4v) is 2.14. The summed E-state index contributed by atoms with van der Waals surface area (Å²) in [6.45, 7) is 5.08. The highest BCUT2D eigenvalue weighted by Gasteiger charge is 2.24. The molecule has 132 valence electrons. The molecule has 1 aromatic carbocycles. The van der Waals surface area contributed by atoms with Crippen LogP contribution >= 0.6 is 0 Å². The molecular formula is C17H25N3O4. The first-order chi connectivity index (χ1) is 11.3. The molecular weight excluding hydrogens is 310 g/mol. The van der Waals surface area contributed by atoms with Gasteiger partial charge in [-0.25, -0.2) is 0 Å². The van der Waals surface area contributed by atoms with Gasteiger partial charge < -0.3 is 21.1 Å². The Bertz CT molecular complexity index is 560. The predicted octanol–water partition coefficient (Wildman–Crippen LogP) is 1.22. The first-order valence-electron chi connectivity index (χ1n) is 7.91. The number of rotatable bonds is 9. The van der Waals surface area contributed by atoms with E-state index >= 15 is 0 Å². The minimum absolute atomic E-state index is 0.170. The average Bonchev–Trinajstić information content (AvgIpc) is 2.52. The Labute approximate surface area is 141 Å². The molecule has 1 rings (SSSR count). The van der Waals surface area contributed by atoms with Crippen LogP contribution in [0, 0.1) is 5.92 Å². The highest BCUT2D eigenvalue weighted by Crippen LogP contribution is 2.09. The molecule has 2 atom stereocenters. The third kappa shape index (κ3) is 7.13. The van der Waals surface area contributed by atoms with Gasteiger partial charge in [0.25, 0.3) is 0 Å². The number of nitrogens with one attached hydrogen (secondary N) is 3. The Kier molecular flexibility index (Phi) is 7.74. The Morgan fingerprint density at radius 2 is 1.67 bits per heavy atom. The Morgan fingerprint density at radius 1 is 1.04 bits per heavy atom. The summed E-state index contributed by atoms with van der Waals surface area (Å²) >= 11 is 0. The molecule has 0 aliphatic heterocycles. The van der Waals surface area contributed by atoms with Gasteiger partial charge in [0, 0.05) is 5.69 Å². The molecule has 7 nitrogen and oxygen atoms in total. The van der Waals surface area contributed by atoms with E-state index in [4.69, 9.17) is 5.11 Å². The molecule has 4 N–H and O–H groups in total. The van der Waals surface area contributed by atoms with Crippen molar-refractivity contribution in [1.82, 2.24) is 10.6 Å². The lowest BCUT2D eigenvalue weighted by Gasteiger charge is -2.22. The van der Waals surface area contributed by atoms with Crippen LogP contribution in [0.3, 0.4) is 0 Å². The highest BCUT2D eigenvalue weighted by atomic mass is 16.4. The van der Waals surface area contributed by atoms with Gasteiger partial charge in [-0.15, -0.1) is 0 Å². The zero-order valence-electron chi connectivity index (χ0n) is 14.2. The summed E-state index contributed by atoms with van der Waals surface area (Å²) in [5.41, 5.74) is 0.802. The maximum atomic E-state index is 12.3. The minimum Gasteiger partial charge on any atom is -0.480 e. The van der Waals surface area contributed by atoms with E-state index in [0.717, 1.165) is 5.69 Å². The molecule has 24 heavy (non-hydrogen) atoms. The van der Waals surface area contributed by atoms with Gasteiger partial charge in [-0.1, -0.05) is 32.0 Å². The number of para-hydroxylation sites is 1. The molecule has 0 fully saturated rings. The normalized spacial score (nSPS) is 13.0. The van der Waals surface area contributed by atoms with E-state index < -0.39 is 30.5 Å². The zero-order chi connectivity index (χ0) is 18.1. The summed E-state index contributed by atoms with van der Waals surface area (Å²) < 4.78 is 0. The Balaban J connectivity index is 2.65. The minimum atomic E-state index is -1.13. The van der Waals surface area contributed by atoms with Gasteiger partial charge in [0.1, 0.15) is 18.6 Å². The molecule has 2 amide bonds. The van der Waals surface area contributed by atoms with Crippen molar-refractivity contribution in [3.63, 3.8) is 0 Å². The molecule has 0 spiro atoms. The topological polar surface area (TPSA) is 108 Å². The number of hydrogen-bond donors (Lipinski definition) is 4. The second kappa shape index (κ2) is 9.54. The lowest BCUT2D eigenvalue weighted by atomic mass is 10.0. The summed E-state index contributed by atoms with van der Waals surface area (Å²) in [6, 6.07) is 7.97. The van der Waals surface area contributed by atoms with Crippen molar-refractivity contribution in [3.05, 3.63) is 30.3 Å². The molecule has 0 saturated carbocycles. The second-order valence-corrected chi connectivity index (χ2v) is 6.03. The second-order valence-electron chi connectivity index (χ2n) is 6.03. The predicted molar refractivity (Wildman–Crippen MR) is 91.6 cm³/mol. The smallest absolute Gasteiger partial charge is 0.322 e. The van der Waals surface area contributed by atoms with E-state index in [9.17, 15) is 14.4 Å². The molecule has 0 radical (unpaired) electrons. The summed E-state index contributed by atoms with van der Waals surface area (Å²) in [5, 5.41) is 16.7. The SMILES string of the molecule is CC(C)CC(NC(=O)C(C)Nc1ccccc1)C(=O)NCC(=O)O. The highest BCUT2D eigenvalue weighted by molar-refractivity contribution is 5.91. The Morgan fingerprint density at radius 3 is 2.21 bits per heavy atom. The largest absolute Gasteiger partial charge is 0.480 e. The molecule has 0 bridgehead atoms. The van der Waals surface area contributed by atoms with Crippen molar-refractivity contribution in [2.45, 2.75) is 39.3 Å². The molecule has 0 aromatic heterocycles. The molecule has 7 heteroatoms. The van der Waals surface area contributed by atoms with Crippen molar-refractivity contribution < 1.29 is 19.5 Å². The maximum Gasteiger partial charge on any atom is 0.322 e. The van der Waals surface area contributed by atoms with Crippen LogP contribution in [0.15, 0.2) is 30.3 Å². The summed E-state index contributed by atoms with van der Waals surface area (Å²) in [7, 11) is 0. The summed E-state index contributed by atoms with van der Waals surface area (Å²) in [5.74, 6) is -1.78. The van der Waals surface area contributed by atoms with E-state index in [1.165, 1.54) is 0 Å². The fraction of sp³-hybridized carbons (Fsp3) is 0.471. The van der Waals surface area contributed by atoms with Gasteiger partial charge in [-0.2, -0.15) is 0 Å². The Hall–Kier alpha value is -2.57. The van der Waals surface area contributed by atoms with Crippen molar-refractivity contribution in [2.24, 2.45) is 5.92 Å². The van der Waals surface area contributed by atoms with Gasteiger partial charge in [0.05, 0.1) is 0 Å². The third-order valence-electron chi connectivity index (χ3n) is 3.30. The van der Waals surface area contributed by atoms with Crippen LogP contribution in [0.1, 0.15) is 27.2 Å². The first-order valence-corrected chi connectivity index (χ1v) is 7.91. The van der Waals surface area contributed by atoms with Crippen LogP contribution in [0.5, 0.6) is 0 Å². The van der Waals surface area contributed by atoms with Crippen LogP contribution in [0.25, 0.3) is 0 Å². The van der Waals surface area contributed by atoms with Gasteiger partial charge in [-0.05, 0) is 31.4 Å². The number of aliphatic carboxylic acids is 1. The third-order valence-corrected chi connectivity index (χ3v) is 3.30. The maximum absolute atomic E-state index is 12.3. The number of carbonyl (C=O) groups excluding carboxylic acids is 2. The molecule has 0 saturated heterocycles. The average molecular weight is 335 g/mol. The van der Waals surface area contributed by atoms with Crippen LogP contribution in [-0.2, 0) is 14.4 Å². The van der Waals surface area contributed by atoms with Crippen molar-refractivity contribution in [2.75, 3.05) is 11.9 Å². The monoisotopic (exact) mass is 335 g/mol. The van der Waals surface area contributed by atoms with Crippen LogP contribution in [0.2, 0.25) is 0 Å². The van der Waals surface area contributed by atoms with E-state index in [1.54, 1.807) is 6.92 Å². The van der Waals surface area contributed by atoms with Crippen LogP contribution < -0.4 is 16.0 Å². The summed E-state index contributed by atoms with van der Waals surface area (Å²) in [6.07, 6.45) is 0.426. The number of anilines is 1. The lowest BCUT2D eigenvalue weighted by Crippen LogP contribution is -2.51. The molecule has 0 aliphatic rings. The van der Waals surface area contributed by atoms with E-state index in [0.29, 0.717) is 6.42 Å². The van der Waals surface area contributed by atoms with Gasteiger partial charge in [0.2, 0.25) is 11.8 Å². The number of carboxylic acids is 1. The number of carboxylic acid groups (broad SMARTS) is 1. The van der Waals surface area contributed by atoms with Gasteiger partial charge in [0.15, 0.2) is 0 Å². The van der Waals surface area contributed by atoms with E-state index in [1.807, 2.05) is 44.2 Å². The van der Waals surface area contributed by atoms with Crippen LogP contribution in [0.4, 0.5) is 5.69 Å². The number of benzene rings is 1. The van der Waals surface area contributed by atoms with Gasteiger partial charge in [-0.3, -0.25) is 14.4 Å². The summed E-state index contributed by atoms with van der Waals surface area (Å²) in [4.78, 5) is 35.0. The van der Waals surface area contributed by atoms with Gasteiger partial charge >= 0.3 is 5.97 Å². The number of carbonyl (C=O) groups is 3. The quantitative estimate of drug-likeness (QED) is 0.543.